The van der Waals surface area contributed by atoms with E-state index in [2.05, 4.69) is 81.4 Å². The summed E-state index contributed by atoms with van der Waals surface area (Å²) in [5.74, 6) is 0. The van der Waals surface area contributed by atoms with Gasteiger partial charge in [0, 0.05) is 33.6 Å². The van der Waals surface area contributed by atoms with E-state index in [1.54, 1.807) is 0 Å². The first-order chi connectivity index (χ1) is 9.34. The van der Waals surface area contributed by atoms with Gasteiger partial charge in [0.15, 0.2) is 0 Å². The van der Waals surface area contributed by atoms with Crippen molar-refractivity contribution in [1.29, 1.82) is 0 Å². The van der Waals surface area contributed by atoms with Crippen molar-refractivity contribution in [2.24, 2.45) is 0 Å². The maximum absolute atomic E-state index is 4.16. The Morgan fingerprint density at radius 1 is 1.00 bits per heavy atom. The molecule has 0 unspecified atom stereocenters. The zero-order valence-electron chi connectivity index (χ0n) is 10.3. The van der Waals surface area contributed by atoms with Crippen LogP contribution in [0.4, 0.5) is 5.69 Å². The van der Waals surface area contributed by atoms with Crippen LogP contribution < -0.4 is 5.32 Å². The Bertz CT molecular complexity index is 704. The predicted molar refractivity (Wildman–Crippen MR) is 88.2 cm³/mol. The van der Waals surface area contributed by atoms with Crippen molar-refractivity contribution in [3.05, 3.63) is 70.1 Å². The molecule has 0 aliphatic heterocycles. The fraction of sp³-hybridized carbons (Fsp3) is 0.0625. The van der Waals surface area contributed by atoms with Crippen LogP contribution in [-0.2, 0) is 6.54 Å². The number of aromatic nitrogens is 1. The lowest BCUT2D eigenvalue weighted by Crippen LogP contribution is -2.01. The molecule has 0 radical (unpaired) electrons. The van der Waals surface area contributed by atoms with Crippen LogP contribution in [0.2, 0.25) is 0 Å². The molecule has 0 bridgehead atoms. The smallest absolute Gasteiger partial charge is 0.0478 e. The Balaban J connectivity index is 1.88. The van der Waals surface area contributed by atoms with E-state index in [-0.39, 0.29) is 0 Å². The Labute approximate surface area is 126 Å². The van der Waals surface area contributed by atoms with Gasteiger partial charge >= 0.3 is 0 Å². The number of nitrogens with one attached hydrogen (secondary N) is 1. The van der Waals surface area contributed by atoms with Gasteiger partial charge in [0.1, 0.15) is 0 Å². The molecule has 0 atom stereocenters. The highest BCUT2D eigenvalue weighted by molar-refractivity contribution is 14.1. The largest absolute Gasteiger partial charge is 0.380 e. The van der Waals surface area contributed by atoms with Gasteiger partial charge in [-0.15, -0.1) is 0 Å². The summed E-state index contributed by atoms with van der Waals surface area (Å²) >= 11 is 2.35. The van der Waals surface area contributed by atoms with Crippen molar-refractivity contribution >= 4 is 39.1 Å². The molecule has 3 heteroatoms. The van der Waals surface area contributed by atoms with Crippen LogP contribution in [0.25, 0.3) is 10.8 Å². The van der Waals surface area contributed by atoms with Gasteiger partial charge in [-0.3, -0.25) is 4.98 Å². The van der Waals surface area contributed by atoms with E-state index in [4.69, 9.17) is 0 Å². The number of benzene rings is 2. The molecular formula is C16H13IN2. The first-order valence-electron chi connectivity index (χ1n) is 6.14. The van der Waals surface area contributed by atoms with E-state index >= 15 is 0 Å². The number of hydrogen-bond donors (Lipinski definition) is 1. The van der Waals surface area contributed by atoms with E-state index in [1.165, 1.54) is 25.6 Å². The molecule has 19 heavy (non-hydrogen) atoms. The Kier molecular flexibility index (Phi) is 3.64. The molecule has 0 amide bonds. The molecule has 2 nitrogen and oxygen atoms in total. The monoisotopic (exact) mass is 360 g/mol. The highest BCUT2D eigenvalue weighted by atomic mass is 127. The molecule has 94 valence electrons. The third-order valence-corrected chi connectivity index (χ3v) is 4.05. The molecule has 0 spiro atoms. The third-order valence-electron chi connectivity index (χ3n) is 3.11. The molecular weight excluding hydrogens is 347 g/mol. The second-order valence-electron chi connectivity index (χ2n) is 4.35. The van der Waals surface area contributed by atoms with Crippen molar-refractivity contribution in [2.75, 3.05) is 5.32 Å². The van der Waals surface area contributed by atoms with Gasteiger partial charge in [-0.05, 0) is 51.7 Å². The molecule has 0 aliphatic rings. The fourth-order valence-electron chi connectivity index (χ4n) is 2.14. The number of rotatable bonds is 3. The molecule has 3 rings (SSSR count). The summed E-state index contributed by atoms with van der Waals surface area (Å²) in [4.78, 5) is 4.16. The number of anilines is 1. The zero-order valence-corrected chi connectivity index (χ0v) is 12.5. The fourth-order valence-corrected chi connectivity index (χ4v) is 2.72. The lowest BCUT2D eigenvalue weighted by molar-refractivity contribution is 1.16. The van der Waals surface area contributed by atoms with Crippen molar-refractivity contribution < 1.29 is 0 Å². The minimum absolute atomic E-state index is 0.821. The standard InChI is InChI=1S/C16H13IN2/c17-15-6-1-2-7-16(15)19-11-13-5-3-4-12-10-18-9-8-14(12)13/h1-10,19H,11H2. The van der Waals surface area contributed by atoms with Crippen LogP contribution in [-0.4, -0.2) is 4.98 Å². The van der Waals surface area contributed by atoms with Crippen LogP contribution in [0.1, 0.15) is 5.56 Å². The summed E-state index contributed by atoms with van der Waals surface area (Å²) in [5.41, 5.74) is 2.47. The Morgan fingerprint density at radius 2 is 1.89 bits per heavy atom. The summed E-state index contributed by atoms with van der Waals surface area (Å²) in [5, 5.41) is 5.94. The van der Waals surface area contributed by atoms with Gasteiger partial charge in [-0.1, -0.05) is 30.3 Å². The van der Waals surface area contributed by atoms with Gasteiger partial charge in [0.25, 0.3) is 0 Å². The van der Waals surface area contributed by atoms with E-state index in [1.807, 2.05) is 12.4 Å². The molecule has 1 N–H and O–H groups in total. The molecule has 2 aromatic carbocycles. The number of hydrogen-bond acceptors (Lipinski definition) is 2. The molecule has 1 heterocycles. The Morgan fingerprint density at radius 3 is 2.79 bits per heavy atom. The van der Waals surface area contributed by atoms with Crippen molar-refractivity contribution in [3.8, 4) is 0 Å². The van der Waals surface area contributed by atoms with Gasteiger partial charge < -0.3 is 5.32 Å². The van der Waals surface area contributed by atoms with Crippen LogP contribution in [0, 0.1) is 3.57 Å². The highest BCUT2D eigenvalue weighted by Gasteiger charge is 2.02. The minimum Gasteiger partial charge on any atom is -0.380 e. The molecule has 0 aliphatic carbocycles. The van der Waals surface area contributed by atoms with Crippen LogP contribution in [0.5, 0.6) is 0 Å². The van der Waals surface area contributed by atoms with Gasteiger partial charge in [0.2, 0.25) is 0 Å². The SMILES string of the molecule is Ic1ccccc1NCc1cccc2cnccc12. The number of pyridine rings is 1. The summed E-state index contributed by atoms with van der Waals surface area (Å²) in [6.45, 7) is 0.821. The number of para-hydroxylation sites is 1. The first kappa shape index (κ1) is 12.4. The van der Waals surface area contributed by atoms with Crippen LogP contribution in [0.15, 0.2) is 60.9 Å². The average Bonchev–Trinajstić information content (AvgIpc) is 2.46. The maximum atomic E-state index is 4.16. The normalized spacial score (nSPS) is 10.6. The lowest BCUT2D eigenvalue weighted by Gasteiger charge is -2.10. The summed E-state index contributed by atoms with van der Waals surface area (Å²) in [6, 6.07) is 16.7. The summed E-state index contributed by atoms with van der Waals surface area (Å²) < 4.78 is 1.24. The first-order valence-corrected chi connectivity index (χ1v) is 7.22. The van der Waals surface area contributed by atoms with Crippen molar-refractivity contribution in [3.63, 3.8) is 0 Å². The zero-order chi connectivity index (χ0) is 13.1. The molecule has 1 aromatic heterocycles. The highest BCUT2D eigenvalue weighted by Crippen LogP contribution is 2.21. The second kappa shape index (κ2) is 5.57. The summed E-state index contributed by atoms with van der Waals surface area (Å²) in [7, 11) is 0. The number of fused-ring (bicyclic) bond motifs is 1. The third kappa shape index (κ3) is 2.71. The van der Waals surface area contributed by atoms with E-state index in [0.717, 1.165) is 6.54 Å². The average molecular weight is 360 g/mol. The molecule has 0 saturated carbocycles. The van der Waals surface area contributed by atoms with E-state index < -0.39 is 0 Å². The van der Waals surface area contributed by atoms with Gasteiger partial charge in [-0.2, -0.15) is 0 Å². The van der Waals surface area contributed by atoms with E-state index in [0.29, 0.717) is 0 Å². The van der Waals surface area contributed by atoms with Crippen LogP contribution in [0.3, 0.4) is 0 Å². The van der Waals surface area contributed by atoms with Crippen molar-refractivity contribution in [2.45, 2.75) is 6.54 Å². The minimum atomic E-state index is 0.821. The molecule has 0 saturated heterocycles. The second-order valence-corrected chi connectivity index (χ2v) is 5.51. The quantitative estimate of drug-likeness (QED) is 0.698. The Hall–Kier alpha value is -1.62. The number of halogens is 1. The van der Waals surface area contributed by atoms with Gasteiger partial charge in [-0.25, -0.2) is 0 Å². The van der Waals surface area contributed by atoms with Crippen molar-refractivity contribution in [1.82, 2.24) is 4.98 Å². The molecule has 0 fully saturated rings. The predicted octanol–water partition coefficient (Wildman–Crippen LogP) is 4.45. The van der Waals surface area contributed by atoms with E-state index in [9.17, 15) is 0 Å². The lowest BCUT2D eigenvalue weighted by atomic mass is 10.1. The maximum Gasteiger partial charge on any atom is 0.0478 e. The number of nitrogens with zero attached hydrogens (tertiary/aromatic N) is 1. The topological polar surface area (TPSA) is 24.9 Å². The molecule has 3 aromatic rings. The van der Waals surface area contributed by atoms with Gasteiger partial charge in [0.05, 0.1) is 0 Å². The summed E-state index contributed by atoms with van der Waals surface area (Å²) in [6.07, 6.45) is 3.75. The van der Waals surface area contributed by atoms with Crippen LogP contribution >= 0.6 is 22.6 Å².